The summed E-state index contributed by atoms with van der Waals surface area (Å²) >= 11 is 7.39. The van der Waals surface area contributed by atoms with Gasteiger partial charge in [0.05, 0.1) is 4.34 Å². The molecule has 0 unspecified atom stereocenters. The molecule has 16 heavy (non-hydrogen) atoms. The van der Waals surface area contributed by atoms with E-state index in [2.05, 4.69) is 5.32 Å². The van der Waals surface area contributed by atoms with Gasteiger partial charge in [0.15, 0.2) is 0 Å². The van der Waals surface area contributed by atoms with Crippen LogP contribution in [0.25, 0.3) is 0 Å². The summed E-state index contributed by atoms with van der Waals surface area (Å²) in [6.07, 6.45) is 3.03. The van der Waals surface area contributed by atoms with Gasteiger partial charge in [0.25, 0.3) is 0 Å². The average molecular weight is 262 g/mol. The first-order valence-corrected chi connectivity index (χ1v) is 6.54. The second-order valence-corrected chi connectivity index (χ2v) is 5.39. The van der Waals surface area contributed by atoms with Gasteiger partial charge in [-0.1, -0.05) is 18.0 Å². The number of unbranched alkanes of at least 4 members (excludes halogenated alkanes) is 2. The highest BCUT2D eigenvalue weighted by Crippen LogP contribution is 2.20. The molecule has 0 amide bonds. The Bertz CT molecular complexity index is 328. The van der Waals surface area contributed by atoms with Crippen LogP contribution in [0.2, 0.25) is 4.34 Å². The van der Waals surface area contributed by atoms with Gasteiger partial charge in [0.2, 0.25) is 0 Å². The zero-order valence-electron chi connectivity index (χ0n) is 9.04. The van der Waals surface area contributed by atoms with Gasteiger partial charge in [-0.2, -0.15) is 0 Å². The zero-order chi connectivity index (χ0) is 11.8. The summed E-state index contributed by atoms with van der Waals surface area (Å²) in [6, 6.07) is 3.92. The summed E-state index contributed by atoms with van der Waals surface area (Å²) < 4.78 is 0.818. The number of hydrogen-bond donors (Lipinski definition) is 2. The molecule has 0 saturated heterocycles. The molecule has 2 N–H and O–H groups in total. The van der Waals surface area contributed by atoms with Crippen molar-refractivity contribution in [1.82, 2.24) is 5.32 Å². The summed E-state index contributed by atoms with van der Waals surface area (Å²) in [5.74, 6) is -0.707. The van der Waals surface area contributed by atoms with Gasteiger partial charge in [0, 0.05) is 17.8 Å². The third-order valence-corrected chi connectivity index (χ3v) is 3.40. The molecule has 0 radical (unpaired) electrons. The Morgan fingerprint density at radius 2 is 2.19 bits per heavy atom. The van der Waals surface area contributed by atoms with E-state index < -0.39 is 5.97 Å². The Kier molecular flexibility index (Phi) is 6.45. The van der Waals surface area contributed by atoms with Crippen molar-refractivity contribution in [3.05, 3.63) is 21.3 Å². The largest absolute Gasteiger partial charge is 0.481 e. The normalized spacial score (nSPS) is 10.6. The highest BCUT2D eigenvalue weighted by Gasteiger charge is 1.98. The lowest BCUT2D eigenvalue weighted by atomic mass is 10.2. The Hall–Kier alpha value is -0.580. The van der Waals surface area contributed by atoms with Crippen LogP contribution in [0.1, 0.15) is 30.6 Å². The summed E-state index contributed by atoms with van der Waals surface area (Å²) in [7, 11) is 0. The van der Waals surface area contributed by atoms with Crippen LogP contribution in [0.15, 0.2) is 12.1 Å². The Labute approximate surface area is 104 Å². The molecule has 1 aromatic heterocycles. The molecule has 3 nitrogen and oxygen atoms in total. The van der Waals surface area contributed by atoms with Crippen molar-refractivity contribution in [2.24, 2.45) is 0 Å². The molecule has 5 heteroatoms. The molecule has 0 aliphatic carbocycles. The number of carboxylic acids is 1. The van der Waals surface area contributed by atoms with Gasteiger partial charge in [-0.15, -0.1) is 11.3 Å². The van der Waals surface area contributed by atoms with Crippen molar-refractivity contribution < 1.29 is 9.90 Å². The minimum atomic E-state index is -0.707. The zero-order valence-corrected chi connectivity index (χ0v) is 10.6. The van der Waals surface area contributed by atoms with Crippen LogP contribution in [0.4, 0.5) is 0 Å². The van der Waals surface area contributed by atoms with Crippen LogP contribution < -0.4 is 5.32 Å². The number of carboxylic acid groups (broad SMARTS) is 1. The van der Waals surface area contributed by atoms with Gasteiger partial charge >= 0.3 is 5.97 Å². The predicted octanol–water partition coefficient (Wildman–Crippen LogP) is 3.14. The molecular weight excluding hydrogens is 246 g/mol. The van der Waals surface area contributed by atoms with Gasteiger partial charge in [0.1, 0.15) is 0 Å². The van der Waals surface area contributed by atoms with Crippen LogP contribution >= 0.6 is 22.9 Å². The van der Waals surface area contributed by atoms with Crippen molar-refractivity contribution in [3.8, 4) is 0 Å². The summed E-state index contributed by atoms with van der Waals surface area (Å²) in [5, 5.41) is 11.7. The smallest absolute Gasteiger partial charge is 0.303 e. The molecule has 0 aliphatic heterocycles. The van der Waals surface area contributed by atoms with Crippen LogP contribution in [0, 0.1) is 0 Å². The quantitative estimate of drug-likeness (QED) is 0.707. The predicted molar refractivity (Wildman–Crippen MR) is 67.1 cm³/mol. The standard InChI is InChI=1S/C11H16ClNO2S/c12-10-6-5-9(16-10)8-13-7-3-1-2-4-11(14)15/h5-6,13H,1-4,7-8H2,(H,14,15). The first-order valence-electron chi connectivity index (χ1n) is 5.35. The lowest BCUT2D eigenvalue weighted by molar-refractivity contribution is -0.137. The third-order valence-electron chi connectivity index (χ3n) is 2.17. The molecule has 0 aromatic carbocycles. The monoisotopic (exact) mass is 261 g/mol. The van der Waals surface area contributed by atoms with Crippen molar-refractivity contribution in [1.29, 1.82) is 0 Å². The fourth-order valence-electron chi connectivity index (χ4n) is 1.36. The van der Waals surface area contributed by atoms with E-state index in [1.165, 1.54) is 4.88 Å². The van der Waals surface area contributed by atoms with Crippen LogP contribution in [-0.2, 0) is 11.3 Å². The van der Waals surface area contributed by atoms with E-state index in [1.807, 2.05) is 12.1 Å². The molecule has 0 saturated carbocycles. The van der Waals surface area contributed by atoms with Gasteiger partial charge in [-0.3, -0.25) is 4.79 Å². The summed E-state index contributed by atoms with van der Waals surface area (Å²) in [6.45, 7) is 1.77. The number of thiophene rings is 1. The van der Waals surface area contributed by atoms with Crippen molar-refractivity contribution in [2.45, 2.75) is 32.2 Å². The molecule has 0 fully saturated rings. The molecule has 1 aromatic rings. The second kappa shape index (κ2) is 7.65. The third kappa shape index (κ3) is 6.10. The molecule has 90 valence electrons. The highest BCUT2D eigenvalue weighted by molar-refractivity contribution is 7.16. The van der Waals surface area contributed by atoms with Crippen molar-refractivity contribution in [3.63, 3.8) is 0 Å². The number of aliphatic carboxylic acids is 1. The number of carbonyl (C=O) groups is 1. The second-order valence-electron chi connectivity index (χ2n) is 3.59. The lowest BCUT2D eigenvalue weighted by Gasteiger charge is -2.02. The maximum atomic E-state index is 10.2. The lowest BCUT2D eigenvalue weighted by Crippen LogP contribution is -2.13. The van der Waals surface area contributed by atoms with E-state index in [1.54, 1.807) is 11.3 Å². The molecular formula is C11H16ClNO2S. The van der Waals surface area contributed by atoms with Crippen molar-refractivity contribution in [2.75, 3.05) is 6.54 Å². The Morgan fingerprint density at radius 3 is 2.81 bits per heavy atom. The molecule has 0 aliphatic rings. The Balaban J connectivity index is 1.94. The van der Waals surface area contributed by atoms with Crippen LogP contribution in [0.3, 0.4) is 0 Å². The molecule has 0 bridgehead atoms. The SMILES string of the molecule is O=C(O)CCCCCNCc1ccc(Cl)s1. The average Bonchev–Trinajstić information content (AvgIpc) is 2.62. The first-order chi connectivity index (χ1) is 7.68. The van der Waals surface area contributed by atoms with E-state index in [0.29, 0.717) is 0 Å². The number of rotatable bonds is 8. The molecule has 0 atom stereocenters. The fraction of sp³-hybridized carbons (Fsp3) is 0.545. The minimum Gasteiger partial charge on any atom is -0.481 e. The van der Waals surface area contributed by atoms with E-state index in [0.717, 1.165) is 36.7 Å². The number of nitrogens with one attached hydrogen (secondary N) is 1. The number of hydrogen-bond acceptors (Lipinski definition) is 3. The highest BCUT2D eigenvalue weighted by atomic mass is 35.5. The first kappa shape index (κ1) is 13.5. The summed E-state index contributed by atoms with van der Waals surface area (Å²) in [5.41, 5.74) is 0. The van der Waals surface area contributed by atoms with E-state index in [-0.39, 0.29) is 6.42 Å². The van der Waals surface area contributed by atoms with Gasteiger partial charge < -0.3 is 10.4 Å². The van der Waals surface area contributed by atoms with Crippen LogP contribution in [0.5, 0.6) is 0 Å². The number of halogens is 1. The van der Waals surface area contributed by atoms with E-state index >= 15 is 0 Å². The van der Waals surface area contributed by atoms with Crippen molar-refractivity contribution >= 4 is 28.9 Å². The maximum absolute atomic E-state index is 10.2. The molecule has 1 heterocycles. The topological polar surface area (TPSA) is 49.3 Å². The maximum Gasteiger partial charge on any atom is 0.303 e. The van der Waals surface area contributed by atoms with Gasteiger partial charge in [-0.05, 0) is 31.5 Å². The van der Waals surface area contributed by atoms with Gasteiger partial charge in [-0.25, -0.2) is 0 Å². The van der Waals surface area contributed by atoms with E-state index in [9.17, 15) is 4.79 Å². The molecule has 1 rings (SSSR count). The summed E-state index contributed by atoms with van der Waals surface area (Å²) in [4.78, 5) is 11.5. The minimum absolute atomic E-state index is 0.278. The van der Waals surface area contributed by atoms with E-state index in [4.69, 9.17) is 16.7 Å². The Morgan fingerprint density at radius 1 is 1.38 bits per heavy atom. The van der Waals surface area contributed by atoms with Crippen LogP contribution in [-0.4, -0.2) is 17.6 Å². The molecule has 0 spiro atoms. The fourth-order valence-corrected chi connectivity index (χ4v) is 2.42.